The van der Waals surface area contributed by atoms with E-state index in [0.717, 1.165) is 38.0 Å². The van der Waals surface area contributed by atoms with Crippen molar-refractivity contribution in [2.24, 2.45) is 16.5 Å². The molecule has 6 N–H and O–H groups in total. The van der Waals surface area contributed by atoms with Crippen LogP contribution in [-0.4, -0.2) is 41.1 Å². The molecule has 2 atom stereocenters. The molecule has 1 saturated heterocycles. The van der Waals surface area contributed by atoms with Crippen molar-refractivity contribution in [3.8, 4) is 0 Å². The summed E-state index contributed by atoms with van der Waals surface area (Å²) in [6.07, 6.45) is 5.85. The molecule has 8 nitrogen and oxygen atoms in total. The lowest BCUT2D eigenvalue weighted by molar-refractivity contribution is -0.0173. The number of nitrogens with two attached hydrogens (primary N) is 2. The van der Waals surface area contributed by atoms with Gasteiger partial charge >= 0.3 is 0 Å². The Morgan fingerprint density at radius 2 is 2.36 bits per heavy atom. The van der Waals surface area contributed by atoms with Gasteiger partial charge in [-0.2, -0.15) is 4.99 Å². The monoisotopic (exact) mass is 308 g/mol. The molecule has 0 radical (unpaired) electrons. The number of imidazole rings is 1. The van der Waals surface area contributed by atoms with E-state index in [1.165, 1.54) is 0 Å². The maximum absolute atomic E-state index is 7.10. The molecule has 0 aliphatic carbocycles. The maximum Gasteiger partial charge on any atom is 0.214 e. The topological polar surface area (TPSA) is 135 Å². The van der Waals surface area contributed by atoms with Gasteiger partial charge in [0.2, 0.25) is 5.96 Å². The van der Waals surface area contributed by atoms with Crippen molar-refractivity contribution in [2.75, 3.05) is 13.2 Å². The third-order valence-corrected chi connectivity index (χ3v) is 3.48. The standard InChI is InChI=1S/C14H24N6O2/c1-2-3-6-21-8-9-4-5-11(22-9)10-7-18-13(19-10)12(15)20-14(16)17/h7,9,11H,2-6,8H2,1H3,(H,18,19)(H5,15,16,17,20)/t9-,11?/m0/s1. The first-order chi connectivity index (χ1) is 10.6. The summed E-state index contributed by atoms with van der Waals surface area (Å²) < 4.78 is 11.6. The Labute approximate surface area is 129 Å². The molecule has 122 valence electrons. The fourth-order valence-electron chi connectivity index (χ4n) is 2.33. The highest BCUT2D eigenvalue weighted by Gasteiger charge is 2.28. The number of ether oxygens (including phenoxy) is 2. The van der Waals surface area contributed by atoms with E-state index in [2.05, 4.69) is 21.9 Å². The van der Waals surface area contributed by atoms with Crippen LogP contribution in [0.15, 0.2) is 11.2 Å². The van der Waals surface area contributed by atoms with E-state index in [0.29, 0.717) is 12.4 Å². The summed E-state index contributed by atoms with van der Waals surface area (Å²) >= 11 is 0. The van der Waals surface area contributed by atoms with Crippen LogP contribution in [0.5, 0.6) is 0 Å². The maximum atomic E-state index is 7.10. The third kappa shape index (κ3) is 4.54. The van der Waals surface area contributed by atoms with Crippen LogP contribution < -0.4 is 11.5 Å². The second kappa shape index (κ2) is 7.90. The van der Waals surface area contributed by atoms with Gasteiger partial charge in [-0.15, -0.1) is 0 Å². The van der Waals surface area contributed by atoms with E-state index < -0.39 is 0 Å². The molecule has 1 aliphatic rings. The molecule has 2 heterocycles. The Hall–Kier alpha value is -1.93. The SMILES string of the molecule is CCCCOC[C@@H]1CCC(c2cnc(C(N)=NC(=N)N)[nH]2)O1. The smallest absolute Gasteiger partial charge is 0.214 e. The Kier molecular flexibility index (Phi) is 5.91. The Morgan fingerprint density at radius 1 is 1.55 bits per heavy atom. The lowest BCUT2D eigenvalue weighted by Crippen LogP contribution is -2.20. The number of rotatable bonds is 7. The van der Waals surface area contributed by atoms with Crippen LogP contribution in [-0.2, 0) is 9.47 Å². The second-order valence-electron chi connectivity index (χ2n) is 5.32. The predicted molar refractivity (Wildman–Crippen MR) is 83.8 cm³/mol. The molecular weight excluding hydrogens is 284 g/mol. The minimum absolute atomic E-state index is 0.0360. The summed E-state index contributed by atoms with van der Waals surface area (Å²) in [7, 11) is 0. The number of hydrogen-bond acceptors (Lipinski definition) is 4. The molecule has 0 amide bonds. The number of amidine groups is 1. The molecule has 1 aromatic rings. The van der Waals surface area contributed by atoms with E-state index >= 15 is 0 Å². The largest absolute Gasteiger partial charge is 0.380 e. The van der Waals surface area contributed by atoms with E-state index in [4.69, 9.17) is 26.4 Å². The molecule has 0 spiro atoms. The summed E-state index contributed by atoms with van der Waals surface area (Å²) in [5.41, 5.74) is 11.7. The molecule has 0 bridgehead atoms. The van der Waals surface area contributed by atoms with Gasteiger partial charge in [0, 0.05) is 6.61 Å². The number of nitrogens with zero attached hydrogens (tertiary/aromatic N) is 2. The fraction of sp³-hybridized carbons (Fsp3) is 0.643. The van der Waals surface area contributed by atoms with E-state index in [1.807, 2.05) is 0 Å². The quantitative estimate of drug-likeness (QED) is 0.339. The zero-order chi connectivity index (χ0) is 15.9. The molecule has 22 heavy (non-hydrogen) atoms. The molecule has 8 heteroatoms. The van der Waals surface area contributed by atoms with Gasteiger partial charge < -0.3 is 25.9 Å². The zero-order valence-electron chi connectivity index (χ0n) is 12.8. The summed E-state index contributed by atoms with van der Waals surface area (Å²) in [5, 5.41) is 7.10. The van der Waals surface area contributed by atoms with E-state index in [-0.39, 0.29) is 24.0 Å². The van der Waals surface area contributed by atoms with Gasteiger partial charge in [0.1, 0.15) is 0 Å². The first-order valence-corrected chi connectivity index (χ1v) is 7.56. The molecule has 1 fully saturated rings. The first-order valence-electron chi connectivity index (χ1n) is 7.56. The normalized spacial score (nSPS) is 22.1. The molecular formula is C14H24N6O2. The predicted octanol–water partition coefficient (Wildman–Crippen LogP) is 1.05. The van der Waals surface area contributed by atoms with Crippen LogP contribution in [0.25, 0.3) is 0 Å². The van der Waals surface area contributed by atoms with Crippen molar-refractivity contribution in [2.45, 2.75) is 44.8 Å². The van der Waals surface area contributed by atoms with E-state index in [1.54, 1.807) is 6.20 Å². The van der Waals surface area contributed by atoms with Crippen LogP contribution in [0.1, 0.15) is 50.2 Å². The van der Waals surface area contributed by atoms with Gasteiger partial charge in [0.15, 0.2) is 11.7 Å². The second-order valence-corrected chi connectivity index (χ2v) is 5.32. The lowest BCUT2D eigenvalue weighted by atomic mass is 10.1. The summed E-state index contributed by atoms with van der Waals surface area (Å²) in [6, 6.07) is 0. The number of unbranched alkanes of at least 4 members (excludes halogenated alkanes) is 1. The first kappa shape index (κ1) is 16.4. The highest BCUT2D eigenvalue weighted by molar-refractivity contribution is 6.01. The van der Waals surface area contributed by atoms with Crippen LogP contribution in [0.4, 0.5) is 0 Å². The third-order valence-electron chi connectivity index (χ3n) is 3.48. The minimum atomic E-state index is -0.350. The molecule has 1 aliphatic heterocycles. The van der Waals surface area contributed by atoms with Gasteiger partial charge in [0.05, 0.1) is 30.7 Å². The van der Waals surface area contributed by atoms with E-state index in [9.17, 15) is 0 Å². The molecule has 0 aromatic carbocycles. The minimum Gasteiger partial charge on any atom is -0.380 e. The Morgan fingerprint density at radius 3 is 3.09 bits per heavy atom. The summed E-state index contributed by atoms with van der Waals surface area (Å²) in [4.78, 5) is 10.9. The molecule has 2 rings (SSSR count). The fourth-order valence-corrected chi connectivity index (χ4v) is 2.33. The summed E-state index contributed by atoms with van der Waals surface area (Å²) in [5.74, 6) is 0.143. The van der Waals surface area contributed by atoms with Crippen molar-refractivity contribution in [3.05, 3.63) is 17.7 Å². The van der Waals surface area contributed by atoms with Crippen LogP contribution in [0.2, 0.25) is 0 Å². The zero-order valence-corrected chi connectivity index (χ0v) is 12.8. The van der Waals surface area contributed by atoms with Gasteiger partial charge in [0.25, 0.3) is 0 Å². The van der Waals surface area contributed by atoms with Gasteiger partial charge in [-0.25, -0.2) is 4.98 Å². The van der Waals surface area contributed by atoms with Crippen molar-refractivity contribution in [3.63, 3.8) is 0 Å². The molecule has 1 unspecified atom stereocenters. The lowest BCUT2D eigenvalue weighted by Gasteiger charge is -2.12. The number of aromatic nitrogens is 2. The number of aromatic amines is 1. The van der Waals surface area contributed by atoms with Crippen LogP contribution >= 0.6 is 0 Å². The van der Waals surface area contributed by atoms with Crippen molar-refractivity contribution >= 4 is 11.8 Å². The number of aliphatic imine (C=N–C) groups is 1. The summed E-state index contributed by atoms with van der Waals surface area (Å²) in [6.45, 7) is 3.56. The van der Waals surface area contributed by atoms with Crippen LogP contribution in [0.3, 0.4) is 0 Å². The van der Waals surface area contributed by atoms with Crippen molar-refractivity contribution < 1.29 is 9.47 Å². The van der Waals surface area contributed by atoms with Gasteiger partial charge in [-0.1, -0.05) is 13.3 Å². The highest BCUT2D eigenvalue weighted by Crippen LogP contribution is 2.31. The number of H-pyrrole nitrogens is 1. The average molecular weight is 308 g/mol. The number of nitrogens with one attached hydrogen (secondary N) is 2. The average Bonchev–Trinajstić information content (AvgIpc) is 3.11. The molecule has 1 aromatic heterocycles. The number of guanidine groups is 1. The van der Waals surface area contributed by atoms with Gasteiger partial charge in [-0.05, 0) is 19.3 Å². The Balaban J connectivity index is 1.86. The molecule has 0 saturated carbocycles. The van der Waals surface area contributed by atoms with Crippen LogP contribution in [0, 0.1) is 5.41 Å². The number of hydrogen-bond donors (Lipinski definition) is 4. The van der Waals surface area contributed by atoms with Crippen molar-refractivity contribution in [1.82, 2.24) is 9.97 Å². The van der Waals surface area contributed by atoms with Crippen molar-refractivity contribution in [1.29, 1.82) is 5.41 Å². The Bertz CT molecular complexity index is 527. The highest BCUT2D eigenvalue weighted by atomic mass is 16.5. The van der Waals surface area contributed by atoms with Gasteiger partial charge in [-0.3, -0.25) is 5.41 Å².